The van der Waals surface area contributed by atoms with E-state index in [4.69, 9.17) is 0 Å². The molecule has 6 heteroatoms. The third-order valence-corrected chi connectivity index (χ3v) is 3.41. The third kappa shape index (κ3) is 4.72. The summed E-state index contributed by atoms with van der Waals surface area (Å²) in [5.41, 5.74) is 0.436. The molecule has 0 radical (unpaired) electrons. The van der Waals surface area contributed by atoms with Crippen LogP contribution in [0.5, 0.6) is 0 Å². The summed E-state index contributed by atoms with van der Waals surface area (Å²) in [6.45, 7) is 3.69. The van der Waals surface area contributed by atoms with Gasteiger partial charge in [-0.25, -0.2) is 4.39 Å². The van der Waals surface area contributed by atoms with Gasteiger partial charge in [-0.05, 0) is 43.5 Å². The molecule has 0 fully saturated rings. The first-order valence-corrected chi connectivity index (χ1v) is 6.83. The Morgan fingerprint density at radius 1 is 1.24 bits per heavy atom. The van der Waals surface area contributed by atoms with Crippen LogP contribution in [0.4, 0.5) is 17.6 Å². The average Bonchev–Trinajstić information content (AvgIpc) is 2.37. The van der Waals surface area contributed by atoms with Gasteiger partial charge in [0.2, 0.25) is 0 Å². The Balaban J connectivity index is 3.15. The van der Waals surface area contributed by atoms with E-state index in [2.05, 4.69) is 0 Å². The number of hydrogen-bond acceptors (Lipinski definition) is 1. The first-order valence-electron chi connectivity index (χ1n) is 6.83. The maximum Gasteiger partial charge on any atom is 0.406 e. The van der Waals surface area contributed by atoms with E-state index in [-0.39, 0.29) is 5.56 Å². The largest absolute Gasteiger partial charge is 0.406 e. The Bertz CT molecular complexity index is 495. The summed E-state index contributed by atoms with van der Waals surface area (Å²) < 4.78 is 51.2. The molecule has 0 heterocycles. The number of aryl methyl sites for hydroxylation is 1. The zero-order valence-electron chi connectivity index (χ0n) is 12.3. The fourth-order valence-corrected chi connectivity index (χ4v) is 2.31. The van der Waals surface area contributed by atoms with Crippen molar-refractivity contribution in [2.75, 3.05) is 6.54 Å². The maximum atomic E-state index is 13.1. The summed E-state index contributed by atoms with van der Waals surface area (Å²) in [5, 5.41) is 0. The van der Waals surface area contributed by atoms with Crippen molar-refractivity contribution in [1.82, 2.24) is 4.90 Å². The van der Waals surface area contributed by atoms with E-state index >= 15 is 0 Å². The zero-order valence-corrected chi connectivity index (χ0v) is 12.3. The summed E-state index contributed by atoms with van der Waals surface area (Å²) in [5.74, 6) is -1.23. The highest BCUT2D eigenvalue weighted by atomic mass is 19.4. The van der Waals surface area contributed by atoms with Gasteiger partial charge in [-0.1, -0.05) is 13.8 Å². The number of nitrogens with zero attached hydrogens (tertiary/aromatic N) is 1. The number of benzene rings is 1. The molecule has 0 saturated carbocycles. The van der Waals surface area contributed by atoms with E-state index in [0.717, 1.165) is 17.0 Å². The second kappa shape index (κ2) is 6.91. The van der Waals surface area contributed by atoms with Crippen LogP contribution in [-0.4, -0.2) is 29.6 Å². The van der Waals surface area contributed by atoms with Gasteiger partial charge in [-0.3, -0.25) is 4.79 Å². The molecular formula is C15H19F4NO. The third-order valence-electron chi connectivity index (χ3n) is 3.41. The lowest BCUT2D eigenvalue weighted by Gasteiger charge is -2.31. The van der Waals surface area contributed by atoms with Crippen molar-refractivity contribution >= 4 is 5.91 Å². The molecule has 1 aromatic carbocycles. The van der Waals surface area contributed by atoms with E-state index in [1.807, 2.05) is 0 Å². The van der Waals surface area contributed by atoms with E-state index in [1.54, 1.807) is 13.8 Å². The van der Waals surface area contributed by atoms with Crippen LogP contribution >= 0.6 is 0 Å². The minimum Gasteiger partial charge on any atom is -0.327 e. The van der Waals surface area contributed by atoms with E-state index in [9.17, 15) is 22.4 Å². The molecule has 118 valence electrons. The molecule has 0 unspecified atom stereocenters. The summed E-state index contributed by atoms with van der Waals surface area (Å²) in [7, 11) is 0. The van der Waals surface area contributed by atoms with Crippen LogP contribution in [0.15, 0.2) is 18.2 Å². The lowest BCUT2D eigenvalue weighted by molar-refractivity contribution is -0.144. The van der Waals surface area contributed by atoms with Crippen molar-refractivity contribution in [3.05, 3.63) is 35.1 Å². The van der Waals surface area contributed by atoms with Crippen LogP contribution in [0.25, 0.3) is 0 Å². The Morgan fingerprint density at radius 3 is 2.24 bits per heavy atom. The van der Waals surface area contributed by atoms with Crippen LogP contribution in [0.1, 0.15) is 42.6 Å². The topological polar surface area (TPSA) is 20.3 Å². The predicted molar refractivity (Wildman–Crippen MR) is 72.6 cm³/mol. The summed E-state index contributed by atoms with van der Waals surface area (Å²) >= 11 is 0. The van der Waals surface area contributed by atoms with Gasteiger partial charge in [0.05, 0.1) is 0 Å². The van der Waals surface area contributed by atoms with Gasteiger partial charge >= 0.3 is 6.18 Å². The van der Waals surface area contributed by atoms with Gasteiger partial charge in [0.15, 0.2) is 0 Å². The highest BCUT2D eigenvalue weighted by molar-refractivity contribution is 5.95. The minimum atomic E-state index is -4.47. The molecule has 1 aromatic rings. The molecule has 1 amide bonds. The van der Waals surface area contributed by atoms with Crippen molar-refractivity contribution < 1.29 is 22.4 Å². The Labute approximate surface area is 121 Å². The molecule has 0 atom stereocenters. The van der Waals surface area contributed by atoms with Crippen molar-refractivity contribution in [2.45, 2.75) is 45.8 Å². The molecule has 0 N–H and O–H groups in total. The number of halogens is 4. The second-order valence-corrected chi connectivity index (χ2v) is 4.98. The fraction of sp³-hybridized carbons (Fsp3) is 0.533. The minimum absolute atomic E-state index is 0.104. The van der Waals surface area contributed by atoms with Crippen molar-refractivity contribution in [2.24, 2.45) is 0 Å². The van der Waals surface area contributed by atoms with Gasteiger partial charge < -0.3 is 4.90 Å². The Hall–Kier alpha value is -1.59. The van der Waals surface area contributed by atoms with Crippen molar-refractivity contribution in [1.29, 1.82) is 0 Å². The van der Waals surface area contributed by atoms with Crippen LogP contribution in [0.3, 0.4) is 0 Å². The summed E-state index contributed by atoms with van der Waals surface area (Å²) in [4.78, 5) is 13.3. The van der Waals surface area contributed by atoms with Gasteiger partial charge in [-0.15, -0.1) is 0 Å². The fourth-order valence-electron chi connectivity index (χ4n) is 2.31. The molecular weight excluding hydrogens is 286 g/mol. The molecule has 0 aliphatic heterocycles. The first-order chi connectivity index (χ1) is 9.69. The molecule has 0 aliphatic rings. The van der Waals surface area contributed by atoms with Crippen LogP contribution in [-0.2, 0) is 0 Å². The Morgan fingerprint density at radius 2 is 1.81 bits per heavy atom. The summed E-state index contributed by atoms with van der Waals surface area (Å²) in [6, 6.07) is 2.97. The smallest absolute Gasteiger partial charge is 0.327 e. The van der Waals surface area contributed by atoms with Gasteiger partial charge in [0.1, 0.15) is 12.4 Å². The quantitative estimate of drug-likeness (QED) is 0.742. The molecule has 0 bridgehead atoms. The van der Waals surface area contributed by atoms with Crippen LogP contribution in [0, 0.1) is 12.7 Å². The number of alkyl halides is 3. The number of amides is 1. The zero-order chi connectivity index (χ0) is 16.2. The van der Waals surface area contributed by atoms with E-state index < -0.39 is 30.5 Å². The van der Waals surface area contributed by atoms with Crippen LogP contribution < -0.4 is 0 Å². The number of hydrogen-bond donors (Lipinski definition) is 0. The molecule has 21 heavy (non-hydrogen) atoms. The second-order valence-electron chi connectivity index (χ2n) is 4.98. The molecule has 0 aromatic heterocycles. The molecule has 0 spiro atoms. The van der Waals surface area contributed by atoms with Gasteiger partial charge in [0, 0.05) is 11.6 Å². The monoisotopic (exact) mass is 305 g/mol. The van der Waals surface area contributed by atoms with E-state index in [0.29, 0.717) is 18.4 Å². The standard InChI is InChI=1S/C15H19F4NO/c1-4-12(5-2)20(9-15(17,18)19)14(21)13-7-6-11(16)8-10(13)3/h6-8,12H,4-5,9H2,1-3H3. The lowest BCUT2D eigenvalue weighted by atomic mass is 10.0. The first kappa shape index (κ1) is 17.5. The van der Waals surface area contributed by atoms with Crippen molar-refractivity contribution in [3.63, 3.8) is 0 Å². The number of carbonyl (C=O) groups excluding carboxylic acids is 1. The summed E-state index contributed by atoms with van der Waals surface area (Å²) in [6.07, 6.45) is -3.61. The molecule has 0 saturated heterocycles. The normalized spacial score (nSPS) is 11.8. The Kier molecular flexibility index (Phi) is 5.75. The van der Waals surface area contributed by atoms with Gasteiger partial charge in [0.25, 0.3) is 5.91 Å². The number of rotatable bonds is 5. The molecule has 2 nitrogen and oxygen atoms in total. The van der Waals surface area contributed by atoms with E-state index in [1.165, 1.54) is 13.0 Å². The SMILES string of the molecule is CCC(CC)N(CC(F)(F)F)C(=O)c1ccc(F)cc1C. The average molecular weight is 305 g/mol. The van der Waals surface area contributed by atoms with Crippen molar-refractivity contribution in [3.8, 4) is 0 Å². The predicted octanol–water partition coefficient (Wildman–Crippen LogP) is 4.33. The molecule has 0 aliphatic carbocycles. The highest BCUT2D eigenvalue weighted by Gasteiger charge is 2.36. The highest BCUT2D eigenvalue weighted by Crippen LogP contribution is 2.23. The van der Waals surface area contributed by atoms with Gasteiger partial charge in [-0.2, -0.15) is 13.2 Å². The van der Waals surface area contributed by atoms with Crippen LogP contribution in [0.2, 0.25) is 0 Å². The maximum absolute atomic E-state index is 13.1. The molecule has 1 rings (SSSR count). The lowest BCUT2D eigenvalue weighted by Crippen LogP contribution is -2.45. The number of carbonyl (C=O) groups is 1.